The molecule has 0 aromatic heterocycles. The molecule has 1 aliphatic heterocycles. The van der Waals surface area contributed by atoms with Crippen LogP contribution in [0.25, 0.3) is 0 Å². The highest BCUT2D eigenvalue weighted by Gasteiger charge is 2.26. The van der Waals surface area contributed by atoms with E-state index in [1.54, 1.807) is 0 Å². The summed E-state index contributed by atoms with van der Waals surface area (Å²) in [6.07, 6.45) is 1.95. The number of nitriles is 1. The Kier molecular flexibility index (Phi) is 3.46. The summed E-state index contributed by atoms with van der Waals surface area (Å²) < 4.78 is 0. The number of amides is 1. The number of piperidine rings is 1. The molecule has 0 unspecified atom stereocenters. The molecule has 1 aliphatic rings. The summed E-state index contributed by atoms with van der Waals surface area (Å²) in [6.45, 7) is 0.912. The molecule has 5 nitrogen and oxygen atoms in total. The number of likely N-dealkylation sites (tertiary alicyclic amines) is 1. The Morgan fingerprint density at radius 2 is 2.00 bits per heavy atom. The number of hydrogen-bond donors (Lipinski definition) is 1. The summed E-state index contributed by atoms with van der Waals surface area (Å²) in [6, 6.07) is 2.08. The third kappa shape index (κ3) is 2.46. The zero-order valence-corrected chi connectivity index (χ0v) is 7.77. The molecule has 1 heterocycles. The molecule has 1 fully saturated rings. The van der Waals surface area contributed by atoms with Gasteiger partial charge in [0.05, 0.1) is 6.07 Å². The van der Waals surface area contributed by atoms with E-state index in [1.807, 2.05) is 0 Å². The smallest absolute Gasteiger partial charge is 0.394 e. The van der Waals surface area contributed by atoms with Gasteiger partial charge in [-0.05, 0) is 18.8 Å². The third-order valence-corrected chi connectivity index (χ3v) is 2.46. The molecule has 5 heteroatoms. The van der Waals surface area contributed by atoms with Crippen molar-refractivity contribution in [3.8, 4) is 6.07 Å². The Morgan fingerprint density at radius 3 is 2.43 bits per heavy atom. The lowest BCUT2D eigenvalue weighted by Gasteiger charge is -2.29. The van der Waals surface area contributed by atoms with E-state index in [9.17, 15) is 9.59 Å². The quantitative estimate of drug-likeness (QED) is 0.608. The monoisotopic (exact) mass is 196 g/mol. The van der Waals surface area contributed by atoms with E-state index >= 15 is 0 Å². The average molecular weight is 196 g/mol. The Hall–Kier alpha value is -1.57. The fourth-order valence-corrected chi connectivity index (χ4v) is 1.60. The van der Waals surface area contributed by atoms with Crippen LogP contribution in [0.4, 0.5) is 0 Å². The van der Waals surface area contributed by atoms with E-state index in [-0.39, 0.29) is 0 Å². The minimum Gasteiger partial charge on any atom is -0.474 e. The van der Waals surface area contributed by atoms with Crippen LogP contribution in [0.5, 0.6) is 0 Å². The number of hydrogen-bond acceptors (Lipinski definition) is 3. The van der Waals surface area contributed by atoms with Gasteiger partial charge in [0, 0.05) is 19.5 Å². The summed E-state index contributed by atoms with van der Waals surface area (Å²) in [4.78, 5) is 22.7. The summed E-state index contributed by atoms with van der Waals surface area (Å²) in [5.74, 6) is -1.91. The Labute approximate surface area is 81.9 Å². The van der Waals surface area contributed by atoms with Gasteiger partial charge in [-0.1, -0.05) is 0 Å². The zero-order chi connectivity index (χ0) is 10.6. The molecule has 14 heavy (non-hydrogen) atoms. The molecule has 1 rings (SSSR count). The molecule has 0 aliphatic carbocycles. The lowest BCUT2D eigenvalue weighted by atomic mass is 9.94. The molecule has 1 saturated heterocycles. The molecule has 0 atom stereocenters. The van der Waals surface area contributed by atoms with Crippen LogP contribution in [0, 0.1) is 17.2 Å². The second-order valence-electron chi connectivity index (χ2n) is 3.40. The van der Waals surface area contributed by atoms with Crippen molar-refractivity contribution in [1.29, 1.82) is 5.26 Å². The largest absolute Gasteiger partial charge is 0.474 e. The van der Waals surface area contributed by atoms with Gasteiger partial charge in [-0.25, -0.2) is 4.79 Å². The molecular weight excluding hydrogens is 184 g/mol. The maximum atomic E-state index is 11.0. The Balaban J connectivity index is 2.40. The Morgan fingerprint density at radius 1 is 1.43 bits per heavy atom. The predicted molar refractivity (Wildman–Crippen MR) is 47.2 cm³/mol. The lowest BCUT2D eigenvalue weighted by Crippen LogP contribution is -2.42. The minimum atomic E-state index is -1.40. The number of carbonyl (C=O) groups excluding carboxylic acids is 1. The van der Waals surface area contributed by atoms with Crippen LogP contribution in [-0.4, -0.2) is 35.0 Å². The van der Waals surface area contributed by atoms with Gasteiger partial charge in [-0.2, -0.15) is 5.26 Å². The molecule has 0 saturated carbocycles. The third-order valence-electron chi connectivity index (χ3n) is 2.46. The van der Waals surface area contributed by atoms with E-state index in [0.29, 0.717) is 25.4 Å². The standard InChI is InChI=1S/C9H12N2O3/c10-4-1-7-2-5-11(6-3-7)8(12)9(13)14/h7H,1-3,5-6H2,(H,13,14). The van der Waals surface area contributed by atoms with Crippen molar-refractivity contribution in [1.82, 2.24) is 4.90 Å². The summed E-state index contributed by atoms with van der Waals surface area (Å²) in [7, 11) is 0. The minimum absolute atomic E-state index is 0.317. The first kappa shape index (κ1) is 10.5. The highest BCUT2D eigenvalue weighted by Crippen LogP contribution is 2.19. The number of carboxylic acids is 1. The fraction of sp³-hybridized carbons (Fsp3) is 0.667. The molecule has 0 aromatic rings. The van der Waals surface area contributed by atoms with Crippen LogP contribution in [0.3, 0.4) is 0 Å². The van der Waals surface area contributed by atoms with Crippen LogP contribution in [0.15, 0.2) is 0 Å². The normalized spacial score (nSPS) is 17.5. The van der Waals surface area contributed by atoms with E-state index in [1.165, 1.54) is 4.90 Å². The number of carboxylic acid groups (broad SMARTS) is 1. The van der Waals surface area contributed by atoms with Gasteiger partial charge in [0.15, 0.2) is 0 Å². The van der Waals surface area contributed by atoms with Crippen molar-refractivity contribution in [2.75, 3.05) is 13.1 Å². The molecule has 76 valence electrons. The van der Waals surface area contributed by atoms with E-state index in [2.05, 4.69) is 6.07 Å². The van der Waals surface area contributed by atoms with Gasteiger partial charge in [0.2, 0.25) is 0 Å². The van der Waals surface area contributed by atoms with E-state index in [0.717, 1.165) is 12.8 Å². The molecule has 1 amide bonds. The van der Waals surface area contributed by atoms with Gasteiger partial charge in [0.25, 0.3) is 0 Å². The van der Waals surface area contributed by atoms with Gasteiger partial charge in [0.1, 0.15) is 0 Å². The molecular formula is C9H12N2O3. The fourth-order valence-electron chi connectivity index (χ4n) is 1.60. The number of nitrogens with zero attached hydrogens (tertiary/aromatic N) is 2. The predicted octanol–water partition coefficient (Wildman–Crippen LogP) is 0.223. The van der Waals surface area contributed by atoms with Crippen molar-refractivity contribution in [2.45, 2.75) is 19.3 Å². The first-order valence-electron chi connectivity index (χ1n) is 4.54. The number of aliphatic carboxylic acids is 1. The number of carbonyl (C=O) groups is 2. The molecule has 0 bridgehead atoms. The SMILES string of the molecule is N#CCC1CCN(C(=O)C(=O)O)CC1. The van der Waals surface area contributed by atoms with Crippen molar-refractivity contribution >= 4 is 11.9 Å². The van der Waals surface area contributed by atoms with Crippen molar-refractivity contribution in [2.24, 2.45) is 5.92 Å². The molecule has 0 aromatic carbocycles. The highest BCUT2D eigenvalue weighted by atomic mass is 16.4. The van der Waals surface area contributed by atoms with Gasteiger partial charge in [-0.15, -0.1) is 0 Å². The maximum Gasteiger partial charge on any atom is 0.394 e. The van der Waals surface area contributed by atoms with Crippen LogP contribution in [0.2, 0.25) is 0 Å². The lowest BCUT2D eigenvalue weighted by molar-refractivity contribution is -0.156. The first-order chi connectivity index (χ1) is 6.65. The second-order valence-corrected chi connectivity index (χ2v) is 3.40. The second kappa shape index (κ2) is 4.61. The van der Waals surface area contributed by atoms with Gasteiger partial charge in [-0.3, -0.25) is 4.79 Å². The van der Waals surface area contributed by atoms with Crippen LogP contribution >= 0.6 is 0 Å². The van der Waals surface area contributed by atoms with Crippen molar-refractivity contribution in [3.63, 3.8) is 0 Å². The molecule has 1 N–H and O–H groups in total. The topological polar surface area (TPSA) is 81.4 Å². The first-order valence-corrected chi connectivity index (χ1v) is 4.54. The van der Waals surface area contributed by atoms with Crippen LogP contribution < -0.4 is 0 Å². The Bertz CT molecular complexity index is 274. The molecule has 0 radical (unpaired) electrons. The highest BCUT2D eigenvalue weighted by molar-refractivity contribution is 6.31. The molecule has 0 spiro atoms. The summed E-state index contributed by atoms with van der Waals surface area (Å²) in [5, 5.41) is 16.9. The van der Waals surface area contributed by atoms with Crippen LogP contribution in [-0.2, 0) is 9.59 Å². The van der Waals surface area contributed by atoms with Crippen LogP contribution in [0.1, 0.15) is 19.3 Å². The number of rotatable bonds is 1. The van der Waals surface area contributed by atoms with Gasteiger partial charge < -0.3 is 10.0 Å². The van der Waals surface area contributed by atoms with Crippen molar-refractivity contribution < 1.29 is 14.7 Å². The van der Waals surface area contributed by atoms with E-state index in [4.69, 9.17) is 10.4 Å². The van der Waals surface area contributed by atoms with Gasteiger partial charge >= 0.3 is 11.9 Å². The van der Waals surface area contributed by atoms with E-state index < -0.39 is 11.9 Å². The average Bonchev–Trinajstić information content (AvgIpc) is 2.18. The summed E-state index contributed by atoms with van der Waals surface area (Å²) in [5.41, 5.74) is 0. The summed E-state index contributed by atoms with van der Waals surface area (Å²) >= 11 is 0. The zero-order valence-electron chi connectivity index (χ0n) is 7.77. The maximum absolute atomic E-state index is 11.0. The van der Waals surface area contributed by atoms with Crippen molar-refractivity contribution in [3.05, 3.63) is 0 Å².